The number of hydrogen-bond donors (Lipinski definition) is 4. The number of benzene rings is 2. The number of amides is 4. The monoisotopic (exact) mass is 773 g/mol. The minimum absolute atomic E-state index is 0.00757. The topological polar surface area (TPSA) is 217 Å². The van der Waals surface area contributed by atoms with Gasteiger partial charge in [-0.2, -0.15) is 0 Å². The van der Waals surface area contributed by atoms with Crippen LogP contribution < -0.4 is 21.1 Å². The van der Waals surface area contributed by atoms with Crippen molar-refractivity contribution in [3.8, 4) is 5.75 Å². The molecule has 3 aromatic rings. The fraction of sp³-hybridized carbons (Fsp3) is 0.575. The van der Waals surface area contributed by atoms with E-state index in [0.717, 1.165) is 42.9 Å². The van der Waals surface area contributed by atoms with Gasteiger partial charge in [-0.3, -0.25) is 24.0 Å². The number of fused-ring (bicyclic) bond motifs is 1. The van der Waals surface area contributed by atoms with Crippen molar-refractivity contribution in [1.29, 1.82) is 0 Å². The number of carbonyl (C=O) groups is 5. The summed E-state index contributed by atoms with van der Waals surface area (Å²) in [5, 5.41) is 26.7. The molecule has 0 spiro atoms. The number of aliphatic hydroxyl groups is 1. The van der Waals surface area contributed by atoms with Gasteiger partial charge >= 0.3 is 0 Å². The summed E-state index contributed by atoms with van der Waals surface area (Å²) in [6.07, 6.45) is 6.93. The van der Waals surface area contributed by atoms with Gasteiger partial charge in [0, 0.05) is 44.6 Å². The quantitative estimate of drug-likeness (QED) is 0.184. The van der Waals surface area contributed by atoms with Gasteiger partial charge in [-0.25, -0.2) is 4.68 Å². The summed E-state index contributed by atoms with van der Waals surface area (Å²) in [6, 6.07) is 8.29. The molecule has 4 fully saturated rings. The highest BCUT2D eigenvalue weighted by Gasteiger charge is 2.49. The van der Waals surface area contributed by atoms with Crippen LogP contribution in [0, 0.1) is 5.92 Å². The van der Waals surface area contributed by atoms with Crippen LogP contribution in [-0.2, 0) is 34.3 Å². The Labute approximate surface area is 324 Å². The maximum atomic E-state index is 14.9. The molecule has 4 heterocycles. The molecule has 2 aromatic carbocycles. The molecule has 16 heteroatoms. The largest absolute Gasteiger partial charge is 0.486 e. The van der Waals surface area contributed by atoms with Crippen LogP contribution in [0.4, 0.5) is 0 Å². The number of Topliss-reactive ketones (excluding diaryl/α,β-unsaturated/α-hetero) is 1. The van der Waals surface area contributed by atoms with Gasteiger partial charge in [0.25, 0.3) is 11.8 Å². The first-order chi connectivity index (χ1) is 26.8. The summed E-state index contributed by atoms with van der Waals surface area (Å²) in [5.41, 5.74) is 3.28. The molecule has 1 aliphatic carbocycles. The molecule has 56 heavy (non-hydrogen) atoms. The zero-order chi connectivity index (χ0) is 39.6. The standard InChI is InChI=1S/C40H51N7O9/c1-39(2,53)33-20-42-45-47(33)28-19-32(37(51)44-40(34(48)35(41)49)12-14-54-15-13-40)46(21-28)38(52)31(16-24-6-4-3-5-7-24)43-36(50)27-9-8-26-18-29(11-10-25(26)17-27)56-30-22-55-23-30/h8-11,17-18,20,24,28,30-32,53H,3-7,12-16,19,21-23H2,1-2H3,(H2,41,49)(H,43,50)(H,44,51)/t28?,31-,32?/m1/s1. The number of aromatic nitrogens is 3. The zero-order valence-corrected chi connectivity index (χ0v) is 31.9. The molecular formula is C40H51N7O9. The molecular weight excluding hydrogens is 722 g/mol. The Bertz CT molecular complexity index is 1960. The van der Waals surface area contributed by atoms with E-state index in [1.807, 2.05) is 24.3 Å². The number of rotatable bonds is 13. The van der Waals surface area contributed by atoms with Crippen molar-refractivity contribution in [3.63, 3.8) is 0 Å². The van der Waals surface area contributed by atoms with E-state index in [0.29, 0.717) is 36.6 Å². The van der Waals surface area contributed by atoms with Crippen molar-refractivity contribution in [3.05, 3.63) is 53.9 Å². The van der Waals surface area contributed by atoms with Gasteiger partial charge in [0.1, 0.15) is 35.1 Å². The molecule has 3 atom stereocenters. The third kappa shape index (κ3) is 8.42. The van der Waals surface area contributed by atoms with Crippen molar-refractivity contribution in [2.75, 3.05) is 33.0 Å². The third-order valence-corrected chi connectivity index (χ3v) is 11.7. The van der Waals surface area contributed by atoms with Crippen LogP contribution in [0.15, 0.2) is 42.6 Å². The van der Waals surface area contributed by atoms with E-state index in [4.69, 9.17) is 19.9 Å². The smallest absolute Gasteiger partial charge is 0.287 e. The van der Waals surface area contributed by atoms with E-state index in [1.165, 1.54) is 15.8 Å². The molecule has 3 saturated heterocycles. The number of nitrogens with two attached hydrogens (primary N) is 1. The van der Waals surface area contributed by atoms with Crippen molar-refractivity contribution < 1.29 is 43.3 Å². The Kier molecular flexibility index (Phi) is 11.4. The second kappa shape index (κ2) is 16.3. The van der Waals surface area contributed by atoms with Crippen LogP contribution in [0.2, 0.25) is 0 Å². The van der Waals surface area contributed by atoms with E-state index >= 15 is 0 Å². The van der Waals surface area contributed by atoms with Gasteiger partial charge in [-0.15, -0.1) is 5.10 Å². The molecule has 300 valence electrons. The molecule has 2 unspecified atom stereocenters. The lowest BCUT2D eigenvalue weighted by molar-refractivity contribution is -0.147. The fourth-order valence-electron chi connectivity index (χ4n) is 8.45. The number of nitrogens with zero attached hydrogens (tertiary/aromatic N) is 4. The fourth-order valence-corrected chi connectivity index (χ4v) is 8.45. The third-order valence-electron chi connectivity index (χ3n) is 11.7. The predicted molar refractivity (Wildman–Crippen MR) is 201 cm³/mol. The van der Waals surface area contributed by atoms with Crippen LogP contribution in [0.5, 0.6) is 5.75 Å². The van der Waals surface area contributed by atoms with Crippen LogP contribution >= 0.6 is 0 Å². The predicted octanol–water partition coefficient (Wildman–Crippen LogP) is 2.07. The van der Waals surface area contributed by atoms with E-state index in [9.17, 15) is 29.1 Å². The van der Waals surface area contributed by atoms with Crippen LogP contribution in [-0.4, -0.2) is 111 Å². The molecule has 0 bridgehead atoms. The lowest BCUT2D eigenvalue weighted by atomic mass is 9.84. The van der Waals surface area contributed by atoms with Crippen molar-refractivity contribution in [2.24, 2.45) is 11.7 Å². The molecule has 16 nitrogen and oxygen atoms in total. The first-order valence-corrected chi connectivity index (χ1v) is 19.6. The number of hydrogen-bond acceptors (Lipinski definition) is 11. The summed E-state index contributed by atoms with van der Waals surface area (Å²) < 4.78 is 18.1. The normalized spacial score (nSPS) is 22.2. The van der Waals surface area contributed by atoms with Gasteiger partial charge in [-0.1, -0.05) is 49.5 Å². The first-order valence-electron chi connectivity index (χ1n) is 19.6. The molecule has 1 aromatic heterocycles. The Balaban J connectivity index is 1.18. The molecule has 4 aliphatic rings. The number of nitrogens with one attached hydrogen (secondary N) is 2. The molecule has 4 amide bonds. The van der Waals surface area contributed by atoms with Gasteiger partial charge in [0.15, 0.2) is 0 Å². The van der Waals surface area contributed by atoms with Crippen LogP contribution in [0.25, 0.3) is 10.8 Å². The summed E-state index contributed by atoms with van der Waals surface area (Å²) in [7, 11) is 0. The number of likely N-dealkylation sites (tertiary alicyclic amines) is 1. The molecule has 7 rings (SSSR count). The maximum Gasteiger partial charge on any atom is 0.287 e. The van der Waals surface area contributed by atoms with E-state index in [-0.39, 0.29) is 51.0 Å². The minimum Gasteiger partial charge on any atom is -0.486 e. The highest BCUT2D eigenvalue weighted by molar-refractivity contribution is 6.39. The summed E-state index contributed by atoms with van der Waals surface area (Å²) in [5.74, 6) is -2.76. The molecule has 3 aliphatic heterocycles. The summed E-state index contributed by atoms with van der Waals surface area (Å²) in [4.78, 5) is 70.2. The Morgan fingerprint density at radius 2 is 1.73 bits per heavy atom. The number of ether oxygens (including phenoxy) is 3. The van der Waals surface area contributed by atoms with Crippen LogP contribution in [0.1, 0.15) is 93.7 Å². The lowest BCUT2D eigenvalue weighted by Crippen LogP contribution is -2.64. The SMILES string of the molecule is CC(C)(O)c1cnnn1C1CC(C(=O)NC2(C(=O)C(N)=O)CCOCC2)N(C(=O)[C@@H](CC2CCCCC2)NC(=O)c2ccc3cc(OC4COC4)ccc3c2)C1. The van der Waals surface area contributed by atoms with Gasteiger partial charge in [0.05, 0.1) is 31.1 Å². The Hall–Kier alpha value is -4.93. The average molecular weight is 774 g/mol. The highest BCUT2D eigenvalue weighted by atomic mass is 16.6. The minimum atomic E-state index is -1.59. The zero-order valence-electron chi connectivity index (χ0n) is 31.9. The number of carbonyl (C=O) groups excluding carboxylic acids is 5. The van der Waals surface area contributed by atoms with Gasteiger partial charge in [-0.05, 0) is 61.2 Å². The van der Waals surface area contributed by atoms with E-state index in [1.54, 1.807) is 26.0 Å². The molecule has 0 radical (unpaired) electrons. The second-order valence-corrected chi connectivity index (χ2v) is 16.2. The molecule has 1 saturated carbocycles. The van der Waals surface area contributed by atoms with Crippen molar-refractivity contribution in [1.82, 2.24) is 30.5 Å². The average Bonchev–Trinajstić information content (AvgIpc) is 3.85. The van der Waals surface area contributed by atoms with Gasteiger partial charge in [0.2, 0.25) is 17.6 Å². The Morgan fingerprint density at radius 1 is 1.02 bits per heavy atom. The number of ketones is 1. The van der Waals surface area contributed by atoms with Crippen molar-refractivity contribution >= 4 is 40.2 Å². The van der Waals surface area contributed by atoms with E-state index in [2.05, 4.69) is 20.9 Å². The lowest BCUT2D eigenvalue weighted by Gasteiger charge is -2.37. The number of primary amides is 1. The van der Waals surface area contributed by atoms with Crippen molar-refractivity contribution in [2.45, 2.75) is 107 Å². The van der Waals surface area contributed by atoms with Crippen LogP contribution in [0.3, 0.4) is 0 Å². The molecule has 5 N–H and O–H groups in total. The van der Waals surface area contributed by atoms with E-state index < -0.39 is 58.7 Å². The second-order valence-electron chi connectivity index (χ2n) is 16.2. The Morgan fingerprint density at radius 3 is 2.41 bits per heavy atom. The summed E-state index contributed by atoms with van der Waals surface area (Å²) in [6.45, 7) is 4.54. The maximum absolute atomic E-state index is 14.9. The van der Waals surface area contributed by atoms with Gasteiger partial charge < -0.3 is 40.6 Å². The first kappa shape index (κ1) is 39.3. The highest BCUT2D eigenvalue weighted by Crippen LogP contribution is 2.35. The summed E-state index contributed by atoms with van der Waals surface area (Å²) >= 11 is 0.